The summed E-state index contributed by atoms with van der Waals surface area (Å²) >= 11 is 1.78. The molecular weight excluding hydrogens is 206 g/mol. The zero-order chi connectivity index (χ0) is 10.6. The average Bonchev–Trinajstić information content (AvgIpc) is 2.71. The van der Waals surface area contributed by atoms with Crippen molar-refractivity contribution in [1.82, 2.24) is 5.32 Å². The van der Waals surface area contributed by atoms with E-state index in [2.05, 4.69) is 29.1 Å². The van der Waals surface area contributed by atoms with E-state index in [-0.39, 0.29) is 0 Å². The number of nitrogens with one attached hydrogen (secondary N) is 1. The first-order chi connectivity index (χ1) is 7.29. The molecule has 1 N–H and O–H groups in total. The van der Waals surface area contributed by atoms with Crippen molar-refractivity contribution in [2.45, 2.75) is 31.7 Å². The summed E-state index contributed by atoms with van der Waals surface area (Å²) in [5, 5.41) is 8.04. The van der Waals surface area contributed by atoms with Gasteiger partial charge in [0.05, 0.1) is 0 Å². The van der Waals surface area contributed by atoms with E-state index in [1.54, 1.807) is 11.3 Å². The van der Waals surface area contributed by atoms with Crippen LogP contribution in [0.2, 0.25) is 0 Å². The van der Waals surface area contributed by atoms with Gasteiger partial charge in [-0.1, -0.05) is 0 Å². The van der Waals surface area contributed by atoms with Gasteiger partial charge in [-0.3, -0.25) is 0 Å². The topological polar surface area (TPSA) is 21.3 Å². The Balaban J connectivity index is 1.72. The molecule has 1 aromatic heterocycles. The molecule has 0 bridgehead atoms. The lowest BCUT2D eigenvalue weighted by Gasteiger charge is -2.34. The molecule has 84 valence electrons. The maximum absolute atomic E-state index is 5.38. The van der Waals surface area contributed by atoms with Gasteiger partial charge in [0, 0.05) is 18.8 Å². The van der Waals surface area contributed by atoms with Crippen LogP contribution in [0.1, 0.15) is 25.3 Å². The third kappa shape index (κ3) is 3.30. The molecule has 15 heavy (non-hydrogen) atoms. The maximum Gasteiger partial charge on any atom is 0.0483 e. The highest BCUT2D eigenvalue weighted by molar-refractivity contribution is 7.07. The first-order valence-electron chi connectivity index (χ1n) is 5.62. The SMILES string of the molecule is CC1(NCCc2ccsc2)CCOCC1. The molecule has 0 aromatic carbocycles. The Bertz CT molecular complexity index is 278. The second-order valence-corrected chi connectivity index (χ2v) is 5.26. The van der Waals surface area contributed by atoms with E-state index in [1.807, 2.05) is 0 Å². The minimum absolute atomic E-state index is 0.300. The second kappa shape index (κ2) is 5.10. The largest absolute Gasteiger partial charge is 0.381 e. The van der Waals surface area contributed by atoms with Crippen molar-refractivity contribution >= 4 is 11.3 Å². The van der Waals surface area contributed by atoms with Gasteiger partial charge in [-0.05, 0) is 55.1 Å². The Morgan fingerprint density at radius 3 is 2.93 bits per heavy atom. The van der Waals surface area contributed by atoms with Crippen LogP contribution in [0.25, 0.3) is 0 Å². The predicted octanol–water partition coefficient (Wildman–Crippen LogP) is 2.45. The van der Waals surface area contributed by atoms with Crippen molar-refractivity contribution in [2.24, 2.45) is 0 Å². The molecule has 2 rings (SSSR count). The van der Waals surface area contributed by atoms with Crippen LogP contribution < -0.4 is 5.32 Å². The molecule has 2 nitrogen and oxygen atoms in total. The van der Waals surface area contributed by atoms with Crippen LogP contribution in [-0.2, 0) is 11.2 Å². The molecule has 0 spiro atoms. The fraction of sp³-hybridized carbons (Fsp3) is 0.667. The fourth-order valence-corrected chi connectivity index (χ4v) is 2.65. The van der Waals surface area contributed by atoms with Crippen molar-refractivity contribution < 1.29 is 4.74 Å². The van der Waals surface area contributed by atoms with Crippen molar-refractivity contribution in [2.75, 3.05) is 19.8 Å². The number of ether oxygens (including phenoxy) is 1. The van der Waals surface area contributed by atoms with Crippen LogP contribution in [0.4, 0.5) is 0 Å². The lowest BCUT2D eigenvalue weighted by molar-refractivity contribution is 0.0456. The number of rotatable bonds is 4. The van der Waals surface area contributed by atoms with Gasteiger partial charge in [0.2, 0.25) is 0 Å². The quantitative estimate of drug-likeness (QED) is 0.850. The zero-order valence-corrected chi connectivity index (χ0v) is 10.1. The summed E-state index contributed by atoms with van der Waals surface area (Å²) in [5.74, 6) is 0. The molecule has 0 unspecified atom stereocenters. The summed E-state index contributed by atoms with van der Waals surface area (Å²) in [7, 11) is 0. The first kappa shape index (κ1) is 11.1. The molecule has 2 heterocycles. The smallest absolute Gasteiger partial charge is 0.0483 e. The lowest BCUT2D eigenvalue weighted by Crippen LogP contribution is -2.47. The fourth-order valence-electron chi connectivity index (χ4n) is 1.94. The van der Waals surface area contributed by atoms with Crippen LogP contribution in [0, 0.1) is 0 Å². The molecule has 1 aliphatic rings. The van der Waals surface area contributed by atoms with Gasteiger partial charge in [-0.2, -0.15) is 11.3 Å². The molecule has 1 saturated heterocycles. The van der Waals surface area contributed by atoms with Gasteiger partial charge in [0.1, 0.15) is 0 Å². The van der Waals surface area contributed by atoms with Gasteiger partial charge < -0.3 is 10.1 Å². The molecule has 0 saturated carbocycles. The highest BCUT2D eigenvalue weighted by Gasteiger charge is 2.25. The molecular formula is C12H19NOS. The molecule has 1 aliphatic heterocycles. The Labute approximate surface area is 95.6 Å². The van der Waals surface area contributed by atoms with Gasteiger partial charge in [0.15, 0.2) is 0 Å². The van der Waals surface area contributed by atoms with E-state index < -0.39 is 0 Å². The molecule has 0 aliphatic carbocycles. The van der Waals surface area contributed by atoms with Gasteiger partial charge in [0.25, 0.3) is 0 Å². The summed E-state index contributed by atoms with van der Waals surface area (Å²) in [6.45, 7) is 5.19. The molecule has 0 radical (unpaired) electrons. The van der Waals surface area contributed by atoms with Crippen LogP contribution >= 0.6 is 11.3 Å². The molecule has 1 fully saturated rings. The van der Waals surface area contributed by atoms with E-state index in [9.17, 15) is 0 Å². The van der Waals surface area contributed by atoms with E-state index >= 15 is 0 Å². The molecule has 1 aromatic rings. The minimum Gasteiger partial charge on any atom is -0.381 e. The number of hydrogen-bond donors (Lipinski definition) is 1. The van der Waals surface area contributed by atoms with Crippen molar-refractivity contribution in [3.05, 3.63) is 22.4 Å². The normalized spacial score (nSPS) is 20.3. The van der Waals surface area contributed by atoms with E-state index in [0.717, 1.165) is 39.0 Å². The maximum atomic E-state index is 5.38. The summed E-state index contributed by atoms with van der Waals surface area (Å²) < 4.78 is 5.38. The monoisotopic (exact) mass is 225 g/mol. The Kier molecular flexibility index (Phi) is 3.78. The average molecular weight is 225 g/mol. The predicted molar refractivity (Wildman–Crippen MR) is 64.5 cm³/mol. The van der Waals surface area contributed by atoms with Crippen molar-refractivity contribution in [1.29, 1.82) is 0 Å². The van der Waals surface area contributed by atoms with E-state index in [0.29, 0.717) is 5.54 Å². The standard InChI is InChI=1S/C12H19NOS/c1-12(4-7-14-8-5-12)13-6-2-11-3-9-15-10-11/h3,9-10,13H,2,4-8H2,1H3. The Morgan fingerprint density at radius 2 is 2.27 bits per heavy atom. The third-order valence-electron chi connectivity index (χ3n) is 3.14. The van der Waals surface area contributed by atoms with Crippen LogP contribution in [0.3, 0.4) is 0 Å². The Hall–Kier alpha value is -0.380. The van der Waals surface area contributed by atoms with E-state index in [4.69, 9.17) is 4.74 Å². The van der Waals surface area contributed by atoms with Gasteiger partial charge >= 0.3 is 0 Å². The van der Waals surface area contributed by atoms with Crippen molar-refractivity contribution in [3.63, 3.8) is 0 Å². The zero-order valence-electron chi connectivity index (χ0n) is 9.29. The summed E-state index contributed by atoms with van der Waals surface area (Å²) in [5.41, 5.74) is 1.75. The van der Waals surface area contributed by atoms with Crippen molar-refractivity contribution in [3.8, 4) is 0 Å². The summed E-state index contributed by atoms with van der Waals surface area (Å²) in [6, 6.07) is 2.21. The second-order valence-electron chi connectivity index (χ2n) is 4.48. The summed E-state index contributed by atoms with van der Waals surface area (Å²) in [6.07, 6.45) is 3.41. The third-order valence-corrected chi connectivity index (χ3v) is 3.87. The highest BCUT2D eigenvalue weighted by Crippen LogP contribution is 2.19. The number of thiophene rings is 1. The summed E-state index contributed by atoms with van der Waals surface area (Å²) in [4.78, 5) is 0. The molecule has 3 heteroatoms. The molecule has 0 amide bonds. The van der Waals surface area contributed by atoms with Crippen LogP contribution in [0.5, 0.6) is 0 Å². The van der Waals surface area contributed by atoms with Gasteiger partial charge in [-0.25, -0.2) is 0 Å². The highest BCUT2D eigenvalue weighted by atomic mass is 32.1. The minimum atomic E-state index is 0.300. The van der Waals surface area contributed by atoms with Gasteiger partial charge in [-0.15, -0.1) is 0 Å². The van der Waals surface area contributed by atoms with E-state index in [1.165, 1.54) is 5.56 Å². The van der Waals surface area contributed by atoms with Crippen LogP contribution in [0.15, 0.2) is 16.8 Å². The van der Waals surface area contributed by atoms with Crippen LogP contribution in [-0.4, -0.2) is 25.3 Å². The first-order valence-corrected chi connectivity index (χ1v) is 6.57. The lowest BCUT2D eigenvalue weighted by atomic mass is 9.92. The molecule has 0 atom stereocenters. The number of hydrogen-bond acceptors (Lipinski definition) is 3. The Morgan fingerprint density at radius 1 is 1.47 bits per heavy atom.